The molecule has 1 rings (SSSR count). The van der Waals surface area contributed by atoms with E-state index >= 15 is 0 Å². The van der Waals surface area contributed by atoms with E-state index in [1.807, 2.05) is 45.0 Å². The molecule has 3 unspecified atom stereocenters. The van der Waals surface area contributed by atoms with E-state index in [0.29, 0.717) is 6.42 Å². The minimum atomic E-state index is -0.0302. The van der Waals surface area contributed by atoms with Crippen LogP contribution in [0.4, 0.5) is 0 Å². The number of nitrogens with one attached hydrogen (secondary N) is 1. The Balaban J connectivity index is 2.61. The van der Waals surface area contributed by atoms with Crippen molar-refractivity contribution < 1.29 is 14.6 Å². The molecule has 0 spiro atoms. The summed E-state index contributed by atoms with van der Waals surface area (Å²) in [6.07, 6.45) is 0.406. The second-order valence-electron chi connectivity index (χ2n) is 5.36. The smallest absolute Gasteiger partial charge is 0.220 e. The van der Waals surface area contributed by atoms with E-state index in [-0.39, 0.29) is 30.4 Å². The van der Waals surface area contributed by atoms with Crippen LogP contribution in [0.25, 0.3) is 0 Å². The second-order valence-corrected chi connectivity index (χ2v) is 5.36. The first-order valence-electron chi connectivity index (χ1n) is 7.02. The van der Waals surface area contributed by atoms with Gasteiger partial charge in [-0.05, 0) is 30.4 Å². The largest absolute Gasteiger partial charge is 0.496 e. The monoisotopic (exact) mass is 279 g/mol. The number of carbonyl (C=O) groups excluding carboxylic acids is 1. The highest BCUT2D eigenvalue weighted by atomic mass is 16.5. The predicted molar refractivity (Wildman–Crippen MR) is 79.9 cm³/mol. The van der Waals surface area contributed by atoms with E-state index < -0.39 is 0 Å². The summed E-state index contributed by atoms with van der Waals surface area (Å²) in [7, 11) is 1.64. The van der Waals surface area contributed by atoms with Gasteiger partial charge in [0.1, 0.15) is 5.75 Å². The molecule has 2 N–H and O–H groups in total. The molecule has 0 fully saturated rings. The maximum Gasteiger partial charge on any atom is 0.220 e. The number of ether oxygens (including phenoxy) is 1. The molecule has 0 aliphatic rings. The Morgan fingerprint density at radius 2 is 1.95 bits per heavy atom. The topological polar surface area (TPSA) is 58.6 Å². The number of aliphatic hydroxyl groups is 1. The van der Waals surface area contributed by atoms with Gasteiger partial charge in [-0.2, -0.15) is 0 Å². The lowest BCUT2D eigenvalue weighted by molar-refractivity contribution is -0.122. The van der Waals surface area contributed by atoms with Crippen molar-refractivity contribution in [3.8, 4) is 5.75 Å². The zero-order chi connectivity index (χ0) is 15.1. The van der Waals surface area contributed by atoms with Crippen LogP contribution in [0.15, 0.2) is 24.3 Å². The van der Waals surface area contributed by atoms with E-state index in [0.717, 1.165) is 11.3 Å². The zero-order valence-electron chi connectivity index (χ0n) is 12.7. The lowest BCUT2D eigenvalue weighted by atomic mass is 9.96. The SMILES string of the molecule is COc1ccccc1C(C)CC(=O)NC(C)C(C)CO. The molecule has 4 heteroatoms. The maximum absolute atomic E-state index is 12.0. The summed E-state index contributed by atoms with van der Waals surface area (Å²) in [4.78, 5) is 12.0. The van der Waals surface area contributed by atoms with Gasteiger partial charge in [0, 0.05) is 19.1 Å². The minimum Gasteiger partial charge on any atom is -0.496 e. The normalized spacial score (nSPS) is 15.2. The average Bonchev–Trinajstić information content (AvgIpc) is 2.45. The quantitative estimate of drug-likeness (QED) is 0.805. The number of para-hydroxylation sites is 1. The van der Waals surface area contributed by atoms with Crippen molar-refractivity contribution in [2.24, 2.45) is 5.92 Å². The van der Waals surface area contributed by atoms with Gasteiger partial charge in [0.05, 0.1) is 7.11 Å². The lowest BCUT2D eigenvalue weighted by Gasteiger charge is -2.21. The third-order valence-electron chi connectivity index (χ3n) is 3.69. The van der Waals surface area contributed by atoms with Crippen molar-refractivity contribution in [2.45, 2.75) is 39.2 Å². The van der Waals surface area contributed by atoms with Gasteiger partial charge in [-0.25, -0.2) is 0 Å². The van der Waals surface area contributed by atoms with Gasteiger partial charge >= 0.3 is 0 Å². The fourth-order valence-electron chi connectivity index (χ4n) is 2.07. The van der Waals surface area contributed by atoms with Crippen molar-refractivity contribution in [2.75, 3.05) is 13.7 Å². The van der Waals surface area contributed by atoms with Gasteiger partial charge in [-0.1, -0.05) is 32.0 Å². The van der Waals surface area contributed by atoms with Crippen molar-refractivity contribution in [3.63, 3.8) is 0 Å². The third-order valence-corrected chi connectivity index (χ3v) is 3.69. The number of hydrogen-bond donors (Lipinski definition) is 2. The fraction of sp³-hybridized carbons (Fsp3) is 0.562. The van der Waals surface area contributed by atoms with Crippen molar-refractivity contribution >= 4 is 5.91 Å². The number of hydrogen-bond acceptors (Lipinski definition) is 3. The average molecular weight is 279 g/mol. The van der Waals surface area contributed by atoms with Crippen LogP contribution in [0.3, 0.4) is 0 Å². The van der Waals surface area contributed by atoms with Crippen molar-refractivity contribution in [1.29, 1.82) is 0 Å². The van der Waals surface area contributed by atoms with E-state index in [1.165, 1.54) is 0 Å². The maximum atomic E-state index is 12.0. The molecule has 0 heterocycles. The van der Waals surface area contributed by atoms with Crippen LogP contribution in [-0.4, -0.2) is 30.8 Å². The molecule has 1 amide bonds. The summed E-state index contributed by atoms with van der Waals surface area (Å²) in [6.45, 7) is 5.90. The Labute approximate surface area is 121 Å². The number of amides is 1. The second kappa shape index (κ2) is 7.90. The molecular formula is C16H25NO3. The van der Waals surface area contributed by atoms with E-state index in [4.69, 9.17) is 9.84 Å². The summed E-state index contributed by atoms with van der Waals surface area (Å²) < 4.78 is 5.32. The molecule has 0 radical (unpaired) electrons. The molecular weight excluding hydrogens is 254 g/mol. The van der Waals surface area contributed by atoms with Gasteiger partial charge < -0.3 is 15.2 Å². The summed E-state index contributed by atoms with van der Waals surface area (Å²) >= 11 is 0. The van der Waals surface area contributed by atoms with Gasteiger partial charge in [-0.3, -0.25) is 4.79 Å². The lowest BCUT2D eigenvalue weighted by Crippen LogP contribution is -2.38. The Hall–Kier alpha value is -1.55. The number of methoxy groups -OCH3 is 1. The molecule has 0 saturated carbocycles. The third kappa shape index (κ3) is 4.53. The van der Waals surface area contributed by atoms with Crippen LogP contribution >= 0.6 is 0 Å². The van der Waals surface area contributed by atoms with Gasteiger partial charge in [0.15, 0.2) is 0 Å². The number of aliphatic hydroxyl groups excluding tert-OH is 1. The molecule has 0 saturated heterocycles. The molecule has 0 bridgehead atoms. The molecule has 112 valence electrons. The highest BCUT2D eigenvalue weighted by Crippen LogP contribution is 2.28. The first-order valence-corrected chi connectivity index (χ1v) is 7.02. The molecule has 1 aromatic rings. The summed E-state index contributed by atoms with van der Waals surface area (Å²) in [5, 5.41) is 12.0. The number of carbonyl (C=O) groups is 1. The first kappa shape index (κ1) is 16.5. The van der Waals surface area contributed by atoms with Crippen LogP contribution in [0.1, 0.15) is 38.7 Å². The minimum absolute atomic E-state index is 0.00351. The van der Waals surface area contributed by atoms with E-state index in [2.05, 4.69) is 5.32 Å². The standard InChI is InChI=1S/C16H25NO3/c1-11(14-7-5-6-8-15(14)20-4)9-16(19)17-13(3)12(2)10-18/h5-8,11-13,18H,9-10H2,1-4H3,(H,17,19). The highest BCUT2D eigenvalue weighted by molar-refractivity contribution is 5.77. The summed E-state index contributed by atoms with van der Waals surface area (Å²) in [6, 6.07) is 7.72. The van der Waals surface area contributed by atoms with Crippen LogP contribution in [0, 0.1) is 5.92 Å². The van der Waals surface area contributed by atoms with E-state index in [1.54, 1.807) is 7.11 Å². The highest BCUT2D eigenvalue weighted by Gasteiger charge is 2.18. The Kier molecular flexibility index (Phi) is 6.52. The predicted octanol–water partition coefficient (Wildman–Crippen LogP) is 2.32. The van der Waals surface area contributed by atoms with Crippen LogP contribution in [0.5, 0.6) is 5.75 Å². The molecule has 20 heavy (non-hydrogen) atoms. The Morgan fingerprint density at radius 1 is 1.30 bits per heavy atom. The number of benzene rings is 1. The van der Waals surface area contributed by atoms with Gasteiger partial charge in [0.2, 0.25) is 5.91 Å². The molecule has 1 aromatic carbocycles. The number of rotatable bonds is 7. The van der Waals surface area contributed by atoms with Gasteiger partial charge in [0.25, 0.3) is 0 Å². The molecule has 0 aromatic heterocycles. The van der Waals surface area contributed by atoms with Crippen LogP contribution < -0.4 is 10.1 Å². The van der Waals surface area contributed by atoms with Gasteiger partial charge in [-0.15, -0.1) is 0 Å². The Bertz CT molecular complexity index is 433. The van der Waals surface area contributed by atoms with Crippen LogP contribution in [0.2, 0.25) is 0 Å². The fourth-order valence-corrected chi connectivity index (χ4v) is 2.07. The summed E-state index contributed by atoms with van der Waals surface area (Å²) in [5.74, 6) is 0.948. The molecule has 0 aliphatic carbocycles. The zero-order valence-corrected chi connectivity index (χ0v) is 12.7. The molecule has 4 nitrogen and oxygen atoms in total. The first-order chi connectivity index (χ1) is 9.49. The van der Waals surface area contributed by atoms with E-state index in [9.17, 15) is 4.79 Å². The van der Waals surface area contributed by atoms with Crippen LogP contribution in [-0.2, 0) is 4.79 Å². The molecule has 3 atom stereocenters. The van der Waals surface area contributed by atoms with Crippen molar-refractivity contribution in [3.05, 3.63) is 29.8 Å². The summed E-state index contributed by atoms with van der Waals surface area (Å²) in [5.41, 5.74) is 1.04. The Morgan fingerprint density at radius 3 is 2.55 bits per heavy atom. The van der Waals surface area contributed by atoms with Crippen molar-refractivity contribution in [1.82, 2.24) is 5.32 Å². The molecule has 0 aliphatic heterocycles.